The summed E-state index contributed by atoms with van der Waals surface area (Å²) in [4.78, 5) is 0. The number of hydrogen-bond acceptors (Lipinski definition) is 9. The van der Waals surface area contributed by atoms with Gasteiger partial charge in [0.05, 0.1) is 0 Å². The maximum Gasteiger partial charge on any atom is 0.500 e. The molecule has 0 aliphatic rings. The lowest BCUT2D eigenvalue weighted by Crippen LogP contribution is -2.42. The second-order valence-electron chi connectivity index (χ2n) is 6.83. The summed E-state index contributed by atoms with van der Waals surface area (Å²) in [6, 6.07) is 0.734. The van der Waals surface area contributed by atoms with Crippen molar-refractivity contribution >= 4 is 8.80 Å². The molecule has 2 aromatic rings. The van der Waals surface area contributed by atoms with E-state index in [0.717, 1.165) is 49.8 Å². The minimum atomic E-state index is -2.58. The van der Waals surface area contributed by atoms with Gasteiger partial charge >= 0.3 is 8.80 Å². The van der Waals surface area contributed by atoms with Gasteiger partial charge in [-0.1, -0.05) is 32.1 Å². The van der Waals surface area contributed by atoms with Crippen molar-refractivity contribution in [2.24, 2.45) is 0 Å². The van der Waals surface area contributed by atoms with E-state index in [-0.39, 0.29) is 5.92 Å². The van der Waals surface area contributed by atoms with Crippen LogP contribution in [0.4, 0.5) is 0 Å². The zero-order valence-corrected chi connectivity index (χ0v) is 18.1. The van der Waals surface area contributed by atoms with Gasteiger partial charge in [-0.25, -0.2) is 10.2 Å². The van der Waals surface area contributed by atoms with Gasteiger partial charge in [-0.3, -0.25) is 0 Å². The van der Waals surface area contributed by atoms with Crippen LogP contribution in [0.1, 0.15) is 68.9 Å². The van der Waals surface area contributed by atoms with E-state index >= 15 is 0 Å². The van der Waals surface area contributed by atoms with Crippen LogP contribution in [0.5, 0.6) is 0 Å². The van der Waals surface area contributed by atoms with E-state index in [1.165, 1.54) is 25.7 Å². The average molecular weight is 413 g/mol. The van der Waals surface area contributed by atoms with Crippen LogP contribution in [0, 0.1) is 0 Å². The van der Waals surface area contributed by atoms with Gasteiger partial charge in [0.25, 0.3) is 0 Å². The smallest absolute Gasteiger partial charge is 0.377 e. The molecule has 12 heteroatoms. The van der Waals surface area contributed by atoms with E-state index in [0.29, 0.717) is 0 Å². The van der Waals surface area contributed by atoms with E-state index in [2.05, 4.69) is 41.2 Å². The van der Waals surface area contributed by atoms with E-state index in [4.69, 9.17) is 13.3 Å². The van der Waals surface area contributed by atoms with Crippen molar-refractivity contribution in [2.45, 2.75) is 69.7 Å². The maximum atomic E-state index is 5.53. The standard InChI is InChI=1S/C16H32N8O3Si/c1-25-28(26-2,27-3)13-12-14(16-19-23-24-20-16)10-8-6-4-5-7-9-11-15-17-21-22-18-15/h14H,4-13H2,1-3H3,(H,17,18,21,22)(H,19,20,23,24). The number of tetrazole rings is 2. The average Bonchev–Trinajstić information content (AvgIpc) is 3.44. The number of unbranched alkanes of at least 4 members (excludes halogenated alkanes) is 5. The Hall–Kier alpha value is -1.76. The molecule has 1 atom stereocenters. The van der Waals surface area contributed by atoms with E-state index in [1.54, 1.807) is 21.3 Å². The molecule has 0 aromatic carbocycles. The van der Waals surface area contributed by atoms with Crippen LogP contribution in [-0.2, 0) is 19.7 Å². The summed E-state index contributed by atoms with van der Waals surface area (Å²) in [6.07, 6.45) is 9.90. The fraction of sp³-hybridized carbons (Fsp3) is 0.875. The minimum absolute atomic E-state index is 0.251. The highest BCUT2D eigenvalue weighted by molar-refractivity contribution is 6.60. The summed E-state index contributed by atoms with van der Waals surface area (Å²) in [5.74, 6) is 1.94. The first-order valence-electron chi connectivity index (χ1n) is 9.84. The quantitative estimate of drug-likeness (QED) is 0.313. The van der Waals surface area contributed by atoms with E-state index < -0.39 is 8.80 Å². The van der Waals surface area contributed by atoms with Crippen molar-refractivity contribution < 1.29 is 13.3 Å². The molecular weight excluding hydrogens is 380 g/mol. The Morgan fingerprint density at radius 2 is 1.43 bits per heavy atom. The second-order valence-corrected chi connectivity index (χ2v) is 9.92. The minimum Gasteiger partial charge on any atom is -0.377 e. The number of nitrogens with zero attached hydrogens (tertiary/aromatic N) is 6. The Kier molecular flexibility index (Phi) is 10.2. The molecule has 0 amide bonds. The third-order valence-electron chi connectivity index (χ3n) is 5.09. The topological polar surface area (TPSA) is 137 Å². The maximum absolute atomic E-state index is 5.53. The zero-order valence-electron chi connectivity index (χ0n) is 17.1. The predicted octanol–water partition coefficient (Wildman–Crippen LogP) is 2.04. The van der Waals surface area contributed by atoms with Crippen molar-refractivity contribution in [3.8, 4) is 0 Å². The van der Waals surface area contributed by atoms with Crippen molar-refractivity contribution in [2.75, 3.05) is 21.3 Å². The summed E-state index contributed by atoms with van der Waals surface area (Å²) < 4.78 is 16.6. The van der Waals surface area contributed by atoms with Gasteiger partial charge in [0.2, 0.25) is 0 Å². The largest absolute Gasteiger partial charge is 0.500 e. The molecule has 158 valence electrons. The van der Waals surface area contributed by atoms with Crippen LogP contribution in [-0.4, -0.2) is 71.4 Å². The molecule has 0 fully saturated rings. The highest BCUT2D eigenvalue weighted by Crippen LogP contribution is 2.28. The lowest BCUT2D eigenvalue weighted by Gasteiger charge is -2.25. The van der Waals surface area contributed by atoms with Gasteiger partial charge in [0.15, 0.2) is 5.82 Å². The molecule has 2 heterocycles. The highest BCUT2D eigenvalue weighted by Gasteiger charge is 2.38. The van der Waals surface area contributed by atoms with E-state index in [9.17, 15) is 0 Å². The molecule has 2 aromatic heterocycles. The molecule has 0 saturated carbocycles. The lowest BCUT2D eigenvalue weighted by atomic mass is 9.97. The summed E-state index contributed by atoms with van der Waals surface area (Å²) in [6.45, 7) is 0. The molecule has 0 aliphatic heterocycles. The van der Waals surface area contributed by atoms with Gasteiger partial charge in [-0.05, 0) is 40.1 Å². The van der Waals surface area contributed by atoms with Gasteiger partial charge in [0.1, 0.15) is 5.82 Å². The number of hydrogen-bond donors (Lipinski definition) is 2. The molecule has 0 aliphatic carbocycles. The summed E-state index contributed by atoms with van der Waals surface area (Å²) in [5.41, 5.74) is 0. The van der Waals surface area contributed by atoms with Crippen molar-refractivity contribution in [3.63, 3.8) is 0 Å². The number of rotatable bonds is 16. The van der Waals surface area contributed by atoms with Crippen molar-refractivity contribution in [3.05, 3.63) is 11.6 Å². The first kappa shape index (κ1) is 22.5. The highest BCUT2D eigenvalue weighted by atomic mass is 28.4. The summed E-state index contributed by atoms with van der Waals surface area (Å²) in [5, 5.41) is 28.4. The first-order valence-corrected chi connectivity index (χ1v) is 11.8. The third-order valence-corrected chi connectivity index (χ3v) is 7.85. The fourth-order valence-corrected chi connectivity index (χ4v) is 5.15. The van der Waals surface area contributed by atoms with Gasteiger partial charge < -0.3 is 13.3 Å². The van der Waals surface area contributed by atoms with E-state index in [1.807, 2.05) is 0 Å². The second kappa shape index (κ2) is 12.6. The third kappa shape index (κ3) is 7.34. The molecule has 0 saturated heterocycles. The SMILES string of the molecule is CO[Si](CCC(CCCCCCCCc1nnn[nH]1)c1nnn[nH]1)(OC)OC. The zero-order chi connectivity index (χ0) is 20.1. The van der Waals surface area contributed by atoms with Gasteiger partial charge in [-0.15, -0.1) is 10.2 Å². The number of aromatic nitrogens is 8. The number of nitrogens with one attached hydrogen (secondary N) is 2. The molecular formula is C16H32N8O3Si. The van der Waals surface area contributed by atoms with Gasteiger partial charge in [0, 0.05) is 39.7 Å². The normalized spacial score (nSPS) is 13.1. The Morgan fingerprint density at radius 1 is 0.786 bits per heavy atom. The molecule has 1 unspecified atom stereocenters. The number of H-pyrrole nitrogens is 2. The Bertz CT molecular complexity index is 601. The molecule has 0 spiro atoms. The summed E-state index contributed by atoms with van der Waals surface area (Å²) in [7, 11) is 2.34. The van der Waals surface area contributed by atoms with Crippen LogP contribution in [0.25, 0.3) is 0 Å². The first-order chi connectivity index (χ1) is 13.7. The molecule has 28 heavy (non-hydrogen) atoms. The van der Waals surface area contributed by atoms with Crippen LogP contribution < -0.4 is 0 Å². The molecule has 2 rings (SSSR count). The predicted molar refractivity (Wildman–Crippen MR) is 103 cm³/mol. The fourth-order valence-electron chi connectivity index (χ4n) is 3.34. The monoisotopic (exact) mass is 412 g/mol. The van der Waals surface area contributed by atoms with Crippen LogP contribution >= 0.6 is 0 Å². The summed E-state index contributed by atoms with van der Waals surface area (Å²) >= 11 is 0. The molecule has 0 radical (unpaired) electrons. The molecule has 11 nitrogen and oxygen atoms in total. The van der Waals surface area contributed by atoms with Crippen molar-refractivity contribution in [1.82, 2.24) is 41.2 Å². The number of aromatic amines is 2. The number of aryl methyl sites for hydroxylation is 1. The van der Waals surface area contributed by atoms with Crippen LogP contribution in [0.15, 0.2) is 0 Å². The lowest BCUT2D eigenvalue weighted by molar-refractivity contribution is 0.122. The van der Waals surface area contributed by atoms with Crippen molar-refractivity contribution in [1.29, 1.82) is 0 Å². The van der Waals surface area contributed by atoms with Gasteiger partial charge in [-0.2, -0.15) is 0 Å². The molecule has 0 bridgehead atoms. The Balaban J connectivity index is 1.65. The van der Waals surface area contributed by atoms with Crippen LogP contribution in [0.2, 0.25) is 6.04 Å². The molecule has 2 N–H and O–H groups in total. The Labute approximate surface area is 166 Å². The van der Waals surface area contributed by atoms with Crippen LogP contribution in [0.3, 0.4) is 0 Å². The Morgan fingerprint density at radius 3 is 2.04 bits per heavy atom.